The van der Waals surface area contributed by atoms with E-state index in [4.69, 9.17) is 0 Å². The fourth-order valence-electron chi connectivity index (χ4n) is 5.63. The molecule has 0 aliphatic heterocycles. The van der Waals surface area contributed by atoms with Gasteiger partial charge in [0.15, 0.2) is 0 Å². The van der Waals surface area contributed by atoms with Crippen molar-refractivity contribution in [1.82, 2.24) is 0 Å². The molecule has 170 valence electrons. The van der Waals surface area contributed by atoms with Crippen molar-refractivity contribution in [2.45, 2.75) is 71.1 Å². The maximum atomic E-state index is 2.38. The van der Waals surface area contributed by atoms with E-state index in [1.54, 1.807) is 0 Å². The molecule has 0 amide bonds. The molecule has 0 radical (unpaired) electrons. The Morgan fingerprint density at radius 3 is 2.03 bits per heavy atom. The Labute approximate surface area is 203 Å². The normalized spacial score (nSPS) is 18.6. The first-order chi connectivity index (χ1) is 16.2. The first-order valence-corrected chi connectivity index (χ1v) is 13.8. The molecular weight excluding hydrogens is 416 g/mol. The minimum absolute atomic E-state index is 0.764. The van der Waals surface area contributed by atoms with Crippen LogP contribution in [0.3, 0.4) is 0 Å². The third-order valence-electron chi connectivity index (χ3n) is 7.55. The molecule has 0 atom stereocenters. The molecule has 0 saturated heterocycles. The minimum Gasteiger partial charge on any atom is -0.135 e. The molecule has 1 aliphatic rings. The van der Waals surface area contributed by atoms with Gasteiger partial charge in [0.2, 0.25) is 0 Å². The monoisotopic (exact) mass is 452 g/mol. The molecule has 1 heterocycles. The van der Waals surface area contributed by atoms with Gasteiger partial charge in [0.25, 0.3) is 0 Å². The molecule has 1 heteroatoms. The topological polar surface area (TPSA) is 0 Å². The maximum Gasteiger partial charge on any atom is 0.0355 e. The largest absolute Gasteiger partial charge is 0.135 e. The summed E-state index contributed by atoms with van der Waals surface area (Å²) < 4.78 is 1.40. The lowest BCUT2D eigenvalue weighted by atomic mass is 9.77. The Bertz CT molecular complexity index is 1170. The van der Waals surface area contributed by atoms with Crippen LogP contribution >= 0.6 is 11.3 Å². The molecule has 1 aromatic heterocycles. The second-order valence-corrected chi connectivity index (χ2v) is 11.0. The fraction of sp³-hybridized carbons (Fsp3) is 0.375. The highest BCUT2D eigenvalue weighted by Crippen LogP contribution is 2.38. The molecule has 0 spiro atoms. The number of hydrogen-bond acceptors (Lipinski definition) is 1. The molecule has 0 nitrogen and oxygen atoms in total. The van der Waals surface area contributed by atoms with Gasteiger partial charge in [0, 0.05) is 9.58 Å². The number of benzene rings is 3. The van der Waals surface area contributed by atoms with Crippen LogP contribution in [0.4, 0.5) is 0 Å². The number of aryl methyl sites for hydroxylation is 1. The lowest BCUT2D eigenvalue weighted by Gasteiger charge is -2.28. The molecule has 5 rings (SSSR count). The van der Waals surface area contributed by atoms with Gasteiger partial charge >= 0.3 is 0 Å². The van der Waals surface area contributed by atoms with Crippen LogP contribution in [0.25, 0.3) is 31.7 Å². The van der Waals surface area contributed by atoms with Gasteiger partial charge in [0.05, 0.1) is 0 Å². The van der Waals surface area contributed by atoms with E-state index in [2.05, 4.69) is 86.6 Å². The summed E-state index contributed by atoms with van der Waals surface area (Å²) in [6.45, 7) is 4.57. The van der Waals surface area contributed by atoms with Gasteiger partial charge < -0.3 is 0 Å². The van der Waals surface area contributed by atoms with E-state index < -0.39 is 0 Å². The molecule has 0 unspecified atom stereocenters. The van der Waals surface area contributed by atoms with E-state index in [1.807, 2.05) is 11.3 Å². The Morgan fingerprint density at radius 2 is 1.36 bits per heavy atom. The highest BCUT2D eigenvalue weighted by atomic mass is 32.1. The maximum absolute atomic E-state index is 2.38. The predicted molar refractivity (Wildman–Crippen MR) is 146 cm³/mol. The molecule has 0 bridgehead atoms. The van der Waals surface area contributed by atoms with Gasteiger partial charge in [-0.1, -0.05) is 93.8 Å². The van der Waals surface area contributed by atoms with E-state index in [-0.39, 0.29) is 0 Å². The third-order valence-corrected chi connectivity index (χ3v) is 8.70. The molecule has 3 aromatic carbocycles. The first-order valence-electron chi connectivity index (χ1n) is 13.0. The third kappa shape index (κ3) is 5.09. The van der Waals surface area contributed by atoms with Crippen LogP contribution in [-0.2, 0) is 6.42 Å². The zero-order valence-electron chi connectivity index (χ0n) is 20.1. The fourth-order valence-corrected chi connectivity index (χ4v) is 6.76. The molecule has 1 saturated carbocycles. The number of hydrogen-bond donors (Lipinski definition) is 0. The highest BCUT2D eigenvalue weighted by Gasteiger charge is 2.21. The quantitative estimate of drug-likeness (QED) is 0.261. The van der Waals surface area contributed by atoms with Crippen molar-refractivity contribution in [2.75, 3.05) is 0 Å². The van der Waals surface area contributed by atoms with Gasteiger partial charge in [-0.2, -0.15) is 0 Å². The van der Waals surface area contributed by atoms with Crippen molar-refractivity contribution in [3.8, 4) is 21.6 Å². The summed E-state index contributed by atoms with van der Waals surface area (Å²) in [7, 11) is 0. The van der Waals surface area contributed by atoms with Gasteiger partial charge in [-0.25, -0.2) is 0 Å². The van der Waals surface area contributed by atoms with Crippen LogP contribution in [0.2, 0.25) is 0 Å². The second-order valence-electron chi connectivity index (χ2n) is 9.94. The van der Waals surface area contributed by atoms with Crippen molar-refractivity contribution in [3.63, 3.8) is 0 Å². The van der Waals surface area contributed by atoms with Gasteiger partial charge in [0.1, 0.15) is 0 Å². The van der Waals surface area contributed by atoms with Crippen LogP contribution in [0.1, 0.15) is 75.8 Å². The predicted octanol–water partition coefficient (Wildman–Crippen LogP) is 10.3. The average molecular weight is 453 g/mol. The van der Waals surface area contributed by atoms with E-state index in [9.17, 15) is 0 Å². The Hall–Kier alpha value is -2.38. The molecule has 0 N–H and O–H groups in total. The van der Waals surface area contributed by atoms with E-state index in [0.29, 0.717) is 0 Å². The zero-order chi connectivity index (χ0) is 22.6. The second kappa shape index (κ2) is 10.3. The van der Waals surface area contributed by atoms with Gasteiger partial charge in [-0.15, -0.1) is 11.3 Å². The summed E-state index contributed by atoms with van der Waals surface area (Å²) in [5, 5.41) is 1.36. The summed E-state index contributed by atoms with van der Waals surface area (Å²) in [6, 6.07) is 27.9. The van der Waals surface area contributed by atoms with E-state index in [1.165, 1.54) is 87.7 Å². The summed E-state index contributed by atoms with van der Waals surface area (Å²) in [5.74, 6) is 1.74. The summed E-state index contributed by atoms with van der Waals surface area (Å²) in [4.78, 5) is 1.36. The molecule has 33 heavy (non-hydrogen) atoms. The van der Waals surface area contributed by atoms with Crippen LogP contribution in [-0.4, -0.2) is 0 Å². The first kappa shape index (κ1) is 22.4. The van der Waals surface area contributed by atoms with E-state index in [0.717, 1.165) is 18.3 Å². The van der Waals surface area contributed by atoms with Crippen molar-refractivity contribution < 1.29 is 0 Å². The van der Waals surface area contributed by atoms with Crippen molar-refractivity contribution in [3.05, 3.63) is 83.9 Å². The number of fused-ring (bicyclic) bond motifs is 1. The number of rotatable bonds is 7. The molecular formula is C32H36S. The smallest absolute Gasteiger partial charge is 0.0355 e. The molecule has 1 fully saturated rings. The van der Waals surface area contributed by atoms with Crippen LogP contribution in [0.15, 0.2) is 72.8 Å². The van der Waals surface area contributed by atoms with E-state index >= 15 is 0 Å². The number of thiophene rings is 1. The SMILES string of the molecule is CCCc1ccc2cc(-c3ccc(-c4ccc(C5CCC(CCC)CC5)cc4)cc3)sc2c1. The summed E-state index contributed by atoms with van der Waals surface area (Å²) in [6.07, 6.45) is 10.7. The summed E-state index contributed by atoms with van der Waals surface area (Å²) >= 11 is 1.91. The average Bonchev–Trinajstić information content (AvgIpc) is 3.29. The van der Waals surface area contributed by atoms with Crippen molar-refractivity contribution >= 4 is 21.4 Å². The Morgan fingerprint density at radius 1 is 0.697 bits per heavy atom. The standard InChI is InChI=1S/C32H36S/c1-3-5-23-7-10-25(11-8-23)26-13-15-27(16-14-26)28-17-19-29(20-18-28)32-22-30-12-9-24(6-4-2)21-31(30)33-32/h9,12-23,25H,3-8,10-11H2,1-2H3. The molecule has 1 aliphatic carbocycles. The Kier molecular flexibility index (Phi) is 6.97. The zero-order valence-corrected chi connectivity index (χ0v) is 21.0. The van der Waals surface area contributed by atoms with Gasteiger partial charge in [-0.05, 0) is 89.3 Å². The van der Waals surface area contributed by atoms with Crippen molar-refractivity contribution in [2.24, 2.45) is 5.92 Å². The Balaban J connectivity index is 1.28. The summed E-state index contributed by atoms with van der Waals surface area (Å²) in [5.41, 5.74) is 6.94. The van der Waals surface area contributed by atoms with Crippen LogP contribution < -0.4 is 0 Å². The molecule has 4 aromatic rings. The van der Waals surface area contributed by atoms with Crippen LogP contribution in [0.5, 0.6) is 0 Å². The van der Waals surface area contributed by atoms with Crippen LogP contribution in [0, 0.1) is 5.92 Å². The lowest BCUT2D eigenvalue weighted by Crippen LogP contribution is -2.13. The highest BCUT2D eigenvalue weighted by molar-refractivity contribution is 7.22. The minimum atomic E-state index is 0.764. The van der Waals surface area contributed by atoms with Gasteiger partial charge in [-0.3, -0.25) is 0 Å². The van der Waals surface area contributed by atoms with Crippen molar-refractivity contribution in [1.29, 1.82) is 0 Å². The lowest BCUT2D eigenvalue weighted by molar-refractivity contribution is 0.308.